The van der Waals surface area contributed by atoms with Crippen molar-refractivity contribution in [2.75, 3.05) is 18.8 Å². The first-order chi connectivity index (χ1) is 15.0. The molecule has 1 fully saturated rings. The predicted molar refractivity (Wildman–Crippen MR) is 137 cm³/mol. The number of nitrogens with one attached hydrogen (secondary N) is 2. The Labute approximate surface area is 206 Å². The number of aliphatic imine (C=N–C) groups is 1. The van der Waals surface area contributed by atoms with Gasteiger partial charge in [-0.3, -0.25) is 4.99 Å². The zero-order valence-electron chi connectivity index (χ0n) is 18.8. The highest BCUT2D eigenvalue weighted by Crippen LogP contribution is 2.23. The van der Waals surface area contributed by atoms with Crippen LogP contribution in [0.2, 0.25) is 0 Å². The molecule has 0 spiro atoms. The van der Waals surface area contributed by atoms with Crippen molar-refractivity contribution < 1.29 is 4.39 Å². The van der Waals surface area contributed by atoms with Crippen LogP contribution in [0.15, 0.2) is 29.3 Å². The van der Waals surface area contributed by atoms with Gasteiger partial charge >= 0.3 is 0 Å². The third-order valence-electron chi connectivity index (χ3n) is 5.72. The van der Waals surface area contributed by atoms with E-state index in [-0.39, 0.29) is 35.6 Å². The number of nitrogen functional groups attached to an aromatic ring is 1. The molecule has 9 heteroatoms. The minimum absolute atomic E-state index is 0. The quantitative estimate of drug-likeness (QED) is 0.207. The molecule has 0 bridgehead atoms. The van der Waals surface area contributed by atoms with Gasteiger partial charge in [-0.2, -0.15) is 10.4 Å². The fourth-order valence-electron chi connectivity index (χ4n) is 3.91. The number of hydrogen-bond donors (Lipinski definition) is 3. The lowest BCUT2D eigenvalue weighted by Crippen LogP contribution is -2.44. The number of nitrogens with zero attached hydrogens (tertiary/aromatic N) is 4. The molecule has 1 aliphatic rings. The number of aryl methyl sites for hydroxylation is 1. The third kappa shape index (κ3) is 6.82. The van der Waals surface area contributed by atoms with E-state index < -0.39 is 0 Å². The van der Waals surface area contributed by atoms with Crippen LogP contribution in [0.5, 0.6) is 0 Å². The van der Waals surface area contributed by atoms with Crippen LogP contribution >= 0.6 is 24.0 Å². The van der Waals surface area contributed by atoms with Gasteiger partial charge in [0.05, 0.1) is 11.4 Å². The zero-order valence-corrected chi connectivity index (χ0v) is 21.1. The van der Waals surface area contributed by atoms with Crippen molar-refractivity contribution in [3.8, 4) is 11.8 Å². The molecule has 0 atom stereocenters. The van der Waals surface area contributed by atoms with Crippen LogP contribution < -0.4 is 16.4 Å². The number of nitriles is 1. The Hall–Kier alpha value is -2.35. The Balaban J connectivity index is 0.00000363. The fraction of sp³-hybridized carbons (Fsp3) is 0.522. The van der Waals surface area contributed by atoms with E-state index in [1.54, 1.807) is 12.1 Å². The van der Waals surface area contributed by atoms with Crippen LogP contribution in [-0.2, 0) is 6.42 Å². The summed E-state index contributed by atoms with van der Waals surface area (Å²) >= 11 is 0. The van der Waals surface area contributed by atoms with Crippen LogP contribution in [0, 0.1) is 23.1 Å². The van der Waals surface area contributed by atoms with Crippen molar-refractivity contribution in [1.29, 1.82) is 5.26 Å². The monoisotopic (exact) mass is 553 g/mol. The van der Waals surface area contributed by atoms with Crippen LogP contribution in [-0.4, -0.2) is 34.9 Å². The first kappa shape index (κ1) is 25.9. The van der Waals surface area contributed by atoms with Crippen LogP contribution in [0.1, 0.15) is 57.2 Å². The molecule has 0 aliphatic heterocycles. The standard InChI is InChI=1S/C23H32FN7.HI/c1-3-27-23(29-18-10-6-16(2)7-11-18)28-14-4-5-21-20(15-25)22(26)31(30-21)19-12-8-17(24)9-13-19;/h8-9,12-13,16,18H,3-7,10-11,14,26H2,1-2H3,(H2,27,28,29);1H. The second-order valence-corrected chi connectivity index (χ2v) is 8.17. The van der Waals surface area contributed by atoms with E-state index in [9.17, 15) is 9.65 Å². The molecular weight excluding hydrogens is 520 g/mol. The molecule has 0 unspecified atom stereocenters. The van der Waals surface area contributed by atoms with Gasteiger partial charge < -0.3 is 16.4 Å². The van der Waals surface area contributed by atoms with Gasteiger partial charge in [-0.25, -0.2) is 9.07 Å². The number of halogens is 2. The molecule has 1 aliphatic carbocycles. The van der Waals surface area contributed by atoms with E-state index in [4.69, 9.17) is 10.7 Å². The van der Waals surface area contributed by atoms with Gasteiger partial charge in [-0.15, -0.1) is 24.0 Å². The lowest BCUT2D eigenvalue weighted by atomic mass is 9.87. The van der Waals surface area contributed by atoms with E-state index in [1.807, 2.05) is 0 Å². The summed E-state index contributed by atoms with van der Waals surface area (Å²) in [5.74, 6) is 1.60. The van der Waals surface area contributed by atoms with E-state index in [1.165, 1.54) is 42.5 Å². The minimum atomic E-state index is -0.332. The summed E-state index contributed by atoms with van der Waals surface area (Å²) in [6.45, 7) is 5.80. The van der Waals surface area contributed by atoms with Crippen LogP contribution in [0.4, 0.5) is 10.2 Å². The largest absolute Gasteiger partial charge is 0.382 e. The average Bonchev–Trinajstić information content (AvgIpc) is 3.08. The summed E-state index contributed by atoms with van der Waals surface area (Å²) in [4.78, 5) is 4.70. The summed E-state index contributed by atoms with van der Waals surface area (Å²) in [6, 6.07) is 8.50. The molecule has 0 amide bonds. The Morgan fingerprint density at radius 3 is 2.59 bits per heavy atom. The molecule has 1 heterocycles. The minimum Gasteiger partial charge on any atom is -0.382 e. The van der Waals surface area contributed by atoms with E-state index in [0.717, 1.165) is 24.8 Å². The lowest BCUT2D eigenvalue weighted by Gasteiger charge is -2.28. The second kappa shape index (κ2) is 12.6. The zero-order chi connectivity index (χ0) is 22.2. The molecule has 32 heavy (non-hydrogen) atoms. The molecular formula is C23H33FIN7. The Kier molecular flexibility index (Phi) is 10.2. The number of guanidine groups is 1. The molecule has 0 radical (unpaired) electrons. The van der Waals surface area contributed by atoms with Crippen molar-refractivity contribution in [3.63, 3.8) is 0 Å². The van der Waals surface area contributed by atoms with Crippen molar-refractivity contribution in [2.45, 2.75) is 58.4 Å². The maximum Gasteiger partial charge on any atom is 0.191 e. The van der Waals surface area contributed by atoms with Crippen LogP contribution in [0.25, 0.3) is 5.69 Å². The Morgan fingerprint density at radius 1 is 1.28 bits per heavy atom. The number of rotatable bonds is 7. The molecule has 0 saturated heterocycles. The Bertz CT molecular complexity index is 925. The summed E-state index contributed by atoms with van der Waals surface area (Å²) in [5.41, 5.74) is 7.76. The smallest absolute Gasteiger partial charge is 0.191 e. The predicted octanol–water partition coefficient (Wildman–Crippen LogP) is 4.15. The highest BCUT2D eigenvalue weighted by molar-refractivity contribution is 14.0. The molecule has 1 saturated carbocycles. The summed E-state index contributed by atoms with van der Waals surface area (Å²) in [6.07, 6.45) is 6.20. The first-order valence-corrected chi connectivity index (χ1v) is 11.1. The normalized spacial score (nSPS) is 18.5. The summed E-state index contributed by atoms with van der Waals surface area (Å²) in [5, 5.41) is 20.9. The van der Waals surface area contributed by atoms with Crippen molar-refractivity contribution in [1.82, 2.24) is 20.4 Å². The second-order valence-electron chi connectivity index (χ2n) is 8.17. The highest BCUT2D eigenvalue weighted by atomic mass is 127. The highest BCUT2D eigenvalue weighted by Gasteiger charge is 2.19. The molecule has 4 N–H and O–H groups in total. The molecule has 1 aromatic heterocycles. The van der Waals surface area contributed by atoms with Gasteiger partial charge in [0.2, 0.25) is 0 Å². The van der Waals surface area contributed by atoms with Gasteiger partial charge in [0.1, 0.15) is 23.3 Å². The van der Waals surface area contributed by atoms with Crippen molar-refractivity contribution in [3.05, 3.63) is 41.3 Å². The fourth-order valence-corrected chi connectivity index (χ4v) is 3.91. The first-order valence-electron chi connectivity index (χ1n) is 11.1. The molecule has 174 valence electrons. The van der Waals surface area contributed by atoms with Gasteiger partial charge in [0, 0.05) is 19.1 Å². The number of hydrogen-bond acceptors (Lipinski definition) is 4. The maximum absolute atomic E-state index is 13.2. The molecule has 7 nitrogen and oxygen atoms in total. The number of benzene rings is 1. The van der Waals surface area contributed by atoms with Crippen molar-refractivity contribution in [2.24, 2.45) is 10.9 Å². The van der Waals surface area contributed by atoms with E-state index >= 15 is 0 Å². The number of aromatic nitrogens is 2. The Morgan fingerprint density at radius 2 is 1.97 bits per heavy atom. The maximum atomic E-state index is 13.2. The molecule has 2 aromatic rings. The average molecular weight is 553 g/mol. The third-order valence-corrected chi connectivity index (χ3v) is 5.72. The topological polar surface area (TPSA) is 104 Å². The molecule has 3 rings (SSSR count). The van der Waals surface area contributed by atoms with E-state index in [2.05, 4.69) is 35.6 Å². The number of nitrogens with two attached hydrogens (primary N) is 1. The van der Waals surface area contributed by atoms with Gasteiger partial charge in [0.15, 0.2) is 5.96 Å². The van der Waals surface area contributed by atoms with Gasteiger partial charge in [-0.05, 0) is 75.6 Å². The lowest BCUT2D eigenvalue weighted by molar-refractivity contribution is 0.329. The number of anilines is 1. The van der Waals surface area contributed by atoms with E-state index in [0.29, 0.717) is 36.0 Å². The van der Waals surface area contributed by atoms with Crippen molar-refractivity contribution >= 4 is 35.8 Å². The van der Waals surface area contributed by atoms with Gasteiger partial charge in [-0.1, -0.05) is 6.92 Å². The van der Waals surface area contributed by atoms with Crippen LogP contribution in [0.3, 0.4) is 0 Å². The summed E-state index contributed by atoms with van der Waals surface area (Å²) in [7, 11) is 0. The SMILES string of the molecule is CCNC(=NCCCc1nn(-c2ccc(F)cc2)c(N)c1C#N)NC1CCC(C)CC1.I. The molecule has 1 aromatic carbocycles. The van der Waals surface area contributed by atoms with Gasteiger partial charge in [0.25, 0.3) is 0 Å². The summed E-state index contributed by atoms with van der Waals surface area (Å²) < 4.78 is 14.7.